The lowest BCUT2D eigenvalue weighted by molar-refractivity contribution is -0.137. The van der Waals surface area contributed by atoms with Crippen molar-refractivity contribution in [2.45, 2.75) is 19.8 Å². The summed E-state index contributed by atoms with van der Waals surface area (Å²) in [5.41, 5.74) is 0.520. The summed E-state index contributed by atoms with van der Waals surface area (Å²) in [4.78, 5) is 25.1. The number of carboxylic acids is 1. The molecule has 0 aliphatic heterocycles. The van der Waals surface area contributed by atoms with Gasteiger partial charge in [0.1, 0.15) is 5.75 Å². The molecule has 0 amide bonds. The third kappa shape index (κ3) is 5.95. The summed E-state index contributed by atoms with van der Waals surface area (Å²) in [6.07, 6.45) is 0.759. The van der Waals surface area contributed by atoms with Crippen molar-refractivity contribution in [3.05, 3.63) is 29.8 Å². The Bertz CT molecular complexity index is 468. The first-order valence-electron chi connectivity index (χ1n) is 7.07. The van der Waals surface area contributed by atoms with E-state index in [1.54, 1.807) is 24.3 Å². The molecule has 5 heteroatoms. The second kappa shape index (κ2) is 8.42. The largest absolute Gasteiger partial charge is 0.494 e. The van der Waals surface area contributed by atoms with E-state index in [1.807, 2.05) is 25.9 Å². The number of aliphatic carboxylic acids is 1. The fourth-order valence-electron chi connectivity index (χ4n) is 2.06. The molecule has 0 bridgehead atoms. The maximum Gasteiger partial charge on any atom is 0.304 e. The standard InChI is InChI=1S/C16H23NO4/c1-4-9-21-14-7-5-12(6-8-14)16(20)13(10-15(18)19)11-17(2)3/h5-8,13H,4,9-11H2,1-3H3,(H,18,19). The maximum absolute atomic E-state index is 12.4. The van der Waals surface area contributed by atoms with Gasteiger partial charge in [-0.1, -0.05) is 6.92 Å². The van der Waals surface area contributed by atoms with Crippen molar-refractivity contribution in [2.24, 2.45) is 5.92 Å². The van der Waals surface area contributed by atoms with E-state index in [-0.39, 0.29) is 12.2 Å². The summed E-state index contributed by atoms with van der Waals surface area (Å²) in [6, 6.07) is 6.88. The molecule has 116 valence electrons. The number of ketones is 1. The highest BCUT2D eigenvalue weighted by Gasteiger charge is 2.23. The van der Waals surface area contributed by atoms with E-state index >= 15 is 0 Å². The second-order valence-electron chi connectivity index (χ2n) is 5.29. The van der Waals surface area contributed by atoms with Crippen molar-refractivity contribution in [3.8, 4) is 5.75 Å². The fraction of sp³-hybridized carbons (Fsp3) is 0.500. The zero-order valence-corrected chi connectivity index (χ0v) is 12.8. The van der Waals surface area contributed by atoms with Crippen LogP contribution < -0.4 is 4.74 Å². The monoisotopic (exact) mass is 293 g/mol. The predicted octanol–water partition coefficient (Wildman–Crippen LogP) is 2.31. The van der Waals surface area contributed by atoms with Gasteiger partial charge in [-0.15, -0.1) is 0 Å². The van der Waals surface area contributed by atoms with Gasteiger partial charge in [-0.05, 0) is 44.8 Å². The number of ether oxygens (including phenoxy) is 1. The normalized spacial score (nSPS) is 12.2. The smallest absolute Gasteiger partial charge is 0.304 e. The topological polar surface area (TPSA) is 66.8 Å². The van der Waals surface area contributed by atoms with Gasteiger partial charge in [-0.3, -0.25) is 9.59 Å². The summed E-state index contributed by atoms with van der Waals surface area (Å²) >= 11 is 0. The third-order valence-corrected chi connectivity index (χ3v) is 2.99. The molecule has 0 aliphatic rings. The Labute approximate surface area is 125 Å². The minimum Gasteiger partial charge on any atom is -0.494 e. The number of carboxylic acid groups (broad SMARTS) is 1. The Balaban J connectivity index is 2.80. The predicted molar refractivity (Wildman–Crippen MR) is 80.9 cm³/mol. The molecule has 0 aliphatic carbocycles. The number of hydrogen-bond donors (Lipinski definition) is 1. The molecular weight excluding hydrogens is 270 g/mol. The van der Waals surface area contributed by atoms with Gasteiger partial charge in [-0.25, -0.2) is 0 Å². The summed E-state index contributed by atoms with van der Waals surface area (Å²) < 4.78 is 5.47. The quantitative estimate of drug-likeness (QED) is 0.708. The lowest BCUT2D eigenvalue weighted by atomic mass is 9.94. The minimum absolute atomic E-state index is 0.145. The van der Waals surface area contributed by atoms with Gasteiger partial charge < -0.3 is 14.7 Å². The van der Waals surface area contributed by atoms with Crippen LogP contribution in [0.1, 0.15) is 30.1 Å². The van der Waals surface area contributed by atoms with Gasteiger partial charge >= 0.3 is 5.97 Å². The Morgan fingerprint density at radius 3 is 2.33 bits per heavy atom. The molecule has 1 aromatic carbocycles. The molecule has 0 aromatic heterocycles. The lowest BCUT2D eigenvalue weighted by Gasteiger charge is -2.18. The van der Waals surface area contributed by atoms with Gasteiger partial charge in [0.25, 0.3) is 0 Å². The highest BCUT2D eigenvalue weighted by molar-refractivity contribution is 5.99. The van der Waals surface area contributed by atoms with Crippen molar-refractivity contribution < 1.29 is 19.4 Å². The number of rotatable bonds is 9. The Morgan fingerprint density at radius 1 is 1.24 bits per heavy atom. The molecule has 1 rings (SSSR count). The molecule has 21 heavy (non-hydrogen) atoms. The number of nitrogens with zero attached hydrogens (tertiary/aromatic N) is 1. The zero-order valence-electron chi connectivity index (χ0n) is 12.8. The highest BCUT2D eigenvalue weighted by atomic mass is 16.5. The molecule has 0 heterocycles. The fourth-order valence-corrected chi connectivity index (χ4v) is 2.06. The summed E-state index contributed by atoms with van der Waals surface area (Å²) in [7, 11) is 3.65. The van der Waals surface area contributed by atoms with Crippen LogP contribution in [0.15, 0.2) is 24.3 Å². The molecule has 1 atom stereocenters. The Morgan fingerprint density at radius 2 is 1.86 bits per heavy atom. The third-order valence-electron chi connectivity index (χ3n) is 2.99. The second-order valence-corrected chi connectivity index (χ2v) is 5.29. The molecule has 0 saturated carbocycles. The molecule has 0 fully saturated rings. The average Bonchev–Trinajstić information content (AvgIpc) is 2.43. The van der Waals surface area contributed by atoms with Gasteiger partial charge in [0.2, 0.25) is 0 Å². The van der Waals surface area contributed by atoms with Crippen LogP contribution in [0.4, 0.5) is 0 Å². The van der Waals surface area contributed by atoms with E-state index in [4.69, 9.17) is 9.84 Å². The summed E-state index contributed by atoms with van der Waals surface area (Å²) in [6.45, 7) is 3.07. The summed E-state index contributed by atoms with van der Waals surface area (Å²) in [5.74, 6) is -0.929. The first-order valence-corrected chi connectivity index (χ1v) is 7.07. The van der Waals surface area contributed by atoms with Crippen molar-refractivity contribution in [1.29, 1.82) is 0 Å². The molecular formula is C16H23NO4. The number of Topliss-reactive ketones (excluding diaryl/α,β-unsaturated/α-hetero) is 1. The van der Waals surface area contributed by atoms with Gasteiger partial charge in [0, 0.05) is 18.0 Å². The Kier molecular flexibility index (Phi) is 6.88. The SMILES string of the molecule is CCCOc1ccc(C(=O)C(CC(=O)O)CN(C)C)cc1. The van der Waals surface area contributed by atoms with Crippen LogP contribution in [0.5, 0.6) is 5.75 Å². The lowest BCUT2D eigenvalue weighted by Crippen LogP contribution is -2.30. The van der Waals surface area contributed by atoms with Crippen LogP contribution in [0.25, 0.3) is 0 Å². The molecule has 1 N–H and O–H groups in total. The van der Waals surface area contributed by atoms with E-state index in [0.717, 1.165) is 12.2 Å². The van der Waals surface area contributed by atoms with E-state index in [2.05, 4.69) is 0 Å². The van der Waals surface area contributed by atoms with Crippen LogP contribution in [-0.4, -0.2) is 49.0 Å². The average molecular weight is 293 g/mol. The van der Waals surface area contributed by atoms with Crippen LogP contribution >= 0.6 is 0 Å². The van der Waals surface area contributed by atoms with Crippen molar-refractivity contribution >= 4 is 11.8 Å². The zero-order chi connectivity index (χ0) is 15.8. The Hall–Kier alpha value is -1.88. The number of hydrogen-bond acceptors (Lipinski definition) is 4. The van der Waals surface area contributed by atoms with E-state index < -0.39 is 11.9 Å². The van der Waals surface area contributed by atoms with E-state index in [0.29, 0.717) is 18.7 Å². The highest BCUT2D eigenvalue weighted by Crippen LogP contribution is 2.18. The van der Waals surface area contributed by atoms with E-state index in [9.17, 15) is 9.59 Å². The molecule has 1 aromatic rings. The molecule has 0 radical (unpaired) electrons. The van der Waals surface area contributed by atoms with E-state index in [1.165, 1.54) is 0 Å². The van der Waals surface area contributed by atoms with Gasteiger partial charge in [-0.2, -0.15) is 0 Å². The van der Waals surface area contributed by atoms with Crippen LogP contribution in [-0.2, 0) is 4.79 Å². The first-order chi connectivity index (χ1) is 9.93. The molecule has 0 saturated heterocycles. The van der Waals surface area contributed by atoms with Gasteiger partial charge in [0.05, 0.1) is 13.0 Å². The van der Waals surface area contributed by atoms with Crippen LogP contribution in [0, 0.1) is 5.92 Å². The minimum atomic E-state index is -0.960. The van der Waals surface area contributed by atoms with Crippen LogP contribution in [0.3, 0.4) is 0 Å². The molecule has 5 nitrogen and oxygen atoms in total. The summed E-state index contributed by atoms with van der Waals surface area (Å²) in [5, 5.41) is 8.94. The maximum atomic E-state index is 12.4. The van der Waals surface area contributed by atoms with Crippen molar-refractivity contribution in [2.75, 3.05) is 27.2 Å². The number of carbonyl (C=O) groups is 2. The van der Waals surface area contributed by atoms with Crippen molar-refractivity contribution in [1.82, 2.24) is 4.90 Å². The first kappa shape index (κ1) is 17.2. The molecule has 0 spiro atoms. The molecule has 1 unspecified atom stereocenters. The van der Waals surface area contributed by atoms with Gasteiger partial charge in [0.15, 0.2) is 5.78 Å². The van der Waals surface area contributed by atoms with Crippen molar-refractivity contribution in [3.63, 3.8) is 0 Å². The number of carbonyl (C=O) groups excluding carboxylic acids is 1. The van der Waals surface area contributed by atoms with Crippen LogP contribution in [0.2, 0.25) is 0 Å². The number of benzene rings is 1.